The van der Waals surface area contributed by atoms with Gasteiger partial charge in [-0.3, -0.25) is 0 Å². The summed E-state index contributed by atoms with van der Waals surface area (Å²) in [6.07, 6.45) is 1.61. The van der Waals surface area contributed by atoms with Crippen molar-refractivity contribution in [1.82, 2.24) is 5.32 Å². The largest absolute Gasteiger partial charge is 0.462 e. The molecule has 17 heavy (non-hydrogen) atoms. The molecule has 90 valence electrons. The van der Waals surface area contributed by atoms with Gasteiger partial charge in [-0.15, -0.1) is 0 Å². The lowest BCUT2D eigenvalue weighted by atomic mass is 10.1. The van der Waals surface area contributed by atoms with E-state index in [4.69, 9.17) is 4.42 Å². The molecule has 1 aliphatic rings. The SMILES string of the molecule is C[C@H]1CN(c2c(F)ccc3ccoc23)CCN1. The lowest BCUT2D eigenvalue weighted by Gasteiger charge is -2.33. The van der Waals surface area contributed by atoms with Gasteiger partial charge in [0.25, 0.3) is 0 Å². The predicted octanol–water partition coefficient (Wildman–Crippen LogP) is 2.37. The lowest BCUT2D eigenvalue weighted by molar-refractivity contribution is 0.477. The lowest BCUT2D eigenvalue weighted by Crippen LogP contribution is -2.49. The van der Waals surface area contributed by atoms with Gasteiger partial charge in [0.2, 0.25) is 0 Å². The van der Waals surface area contributed by atoms with Crippen LogP contribution in [-0.2, 0) is 0 Å². The number of furan rings is 1. The van der Waals surface area contributed by atoms with Gasteiger partial charge in [0.05, 0.1) is 6.26 Å². The Morgan fingerprint density at radius 1 is 1.41 bits per heavy atom. The topological polar surface area (TPSA) is 28.4 Å². The zero-order valence-corrected chi connectivity index (χ0v) is 9.74. The van der Waals surface area contributed by atoms with Crippen molar-refractivity contribution in [3.63, 3.8) is 0 Å². The summed E-state index contributed by atoms with van der Waals surface area (Å²) in [5, 5.41) is 4.30. The molecule has 1 atom stereocenters. The number of hydrogen-bond acceptors (Lipinski definition) is 3. The Hall–Kier alpha value is -1.55. The molecule has 0 bridgehead atoms. The molecule has 4 heteroatoms. The molecule has 1 aromatic heterocycles. The van der Waals surface area contributed by atoms with Crippen LogP contribution in [-0.4, -0.2) is 25.7 Å². The van der Waals surface area contributed by atoms with E-state index in [2.05, 4.69) is 17.1 Å². The summed E-state index contributed by atoms with van der Waals surface area (Å²) < 4.78 is 19.4. The molecular formula is C13H15FN2O. The van der Waals surface area contributed by atoms with E-state index < -0.39 is 0 Å². The highest BCUT2D eigenvalue weighted by molar-refractivity contribution is 5.89. The van der Waals surface area contributed by atoms with Crippen LogP contribution < -0.4 is 10.2 Å². The summed E-state index contributed by atoms with van der Waals surface area (Å²) in [5.74, 6) is -0.207. The van der Waals surface area contributed by atoms with Gasteiger partial charge < -0.3 is 14.6 Å². The third kappa shape index (κ3) is 1.78. The molecule has 0 saturated carbocycles. The second kappa shape index (κ2) is 4.04. The van der Waals surface area contributed by atoms with Crippen molar-refractivity contribution in [1.29, 1.82) is 0 Å². The minimum atomic E-state index is -0.207. The van der Waals surface area contributed by atoms with Crippen molar-refractivity contribution in [2.75, 3.05) is 24.5 Å². The molecule has 0 aliphatic carbocycles. The summed E-state index contributed by atoms with van der Waals surface area (Å²) in [5.41, 5.74) is 1.25. The predicted molar refractivity (Wildman–Crippen MR) is 65.8 cm³/mol. The molecule has 0 unspecified atom stereocenters. The van der Waals surface area contributed by atoms with Crippen LogP contribution in [0.5, 0.6) is 0 Å². The molecule has 1 aromatic carbocycles. The number of halogens is 1. The molecular weight excluding hydrogens is 219 g/mol. The average Bonchev–Trinajstić information content (AvgIpc) is 2.76. The molecule has 1 fully saturated rings. The molecule has 1 aliphatic heterocycles. The van der Waals surface area contributed by atoms with E-state index >= 15 is 0 Å². The van der Waals surface area contributed by atoms with Gasteiger partial charge in [-0.1, -0.05) is 0 Å². The molecule has 1 saturated heterocycles. The van der Waals surface area contributed by atoms with E-state index in [-0.39, 0.29) is 5.82 Å². The Morgan fingerprint density at radius 3 is 3.12 bits per heavy atom. The molecule has 2 heterocycles. The highest BCUT2D eigenvalue weighted by atomic mass is 19.1. The van der Waals surface area contributed by atoms with Crippen LogP contribution >= 0.6 is 0 Å². The van der Waals surface area contributed by atoms with Crippen LogP contribution in [0, 0.1) is 5.82 Å². The molecule has 1 N–H and O–H groups in total. The van der Waals surface area contributed by atoms with Crippen molar-refractivity contribution in [2.24, 2.45) is 0 Å². The highest BCUT2D eigenvalue weighted by Crippen LogP contribution is 2.31. The number of fused-ring (bicyclic) bond motifs is 1. The first-order valence-electron chi connectivity index (χ1n) is 5.90. The fourth-order valence-electron chi connectivity index (χ4n) is 2.42. The molecule has 0 amide bonds. The number of nitrogens with zero attached hydrogens (tertiary/aromatic N) is 1. The van der Waals surface area contributed by atoms with Crippen LogP contribution in [0.15, 0.2) is 28.9 Å². The van der Waals surface area contributed by atoms with Crippen molar-refractivity contribution in [2.45, 2.75) is 13.0 Å². The van der Waals surface area contributed by atoms with Gasteiger partial charge in [0, 0.05) is 31.1 Å². The summed E-state index contributed by atoms with van der Waals surface area (Å²) in [6.45, 7) is 4.59. The van der Waals surface area contributed by atoms with Crippen molar-refractivity contribution < 1.29 is 8.81 Å². The van der Waals surface area contributed by atoms with Crippen LogP contribution in [0.3, 0.4) is 0 Å². The monoisotopic (exact) mass is 234 g/mol. The first-order valence-corrected chi connectivity index (χ1v) is 5.90. The van der Waals surface area contributed by atoms with Crippen LogP contribution in [0.1, 0.15) is 6.92 Å². The summed E-state index contributed by atoms with van der Waals surface area (Å²) >= 11 is 0. The van der Waals surface area contributed by atoms with E-state index in [1.807, 2.05) is 6.07 Å². The second-order valence-electron chi connectivity index (χ2n) is 4.54. The normalized spacial score (nSPS) is 21.1. The first kappa shape index (κ1) is 10.6. The Balaban J connectivity index is 2.08. The van der Waals surface area contributed by atoms with Crippen LogP contribution in [0.4, 0.5) is 10.1 Å². The Kier molecular flexibility index (Phi) is 2.52. The third-order valence-electron chi connectivity index (χ3n) is 3.23. The van der Waals surface area contributed by atoms with Gasteiger partial charge in [0.1, 0.15) is 11.5 Å². The van der Waals surface area contributed by atoms with Gasteiger partial charge in [0.15, 0.2) is 5.58 Å². The van der Waals surface area contributed by atoms with E-state index in [1.54, 1.807) is 12.3 Å². The number of benzene rings is 1. The van der Waals surface area contributed by atoms with Crippen molar-refractivity contribution in [3.8, 4) is 0 Å². The average molecular weight is 234 g/mol. The first-order chi connectivity index (χ1) is 8.25. The molecule has 3 rings (SSSR count). The zero-order valence-electron chi connectivity index (χ0n) is 9.74. The fourth-order valence-corrected chi connectivity index (χ4v) is 2.42. The van der Waals surface area contributed by atoms with Gasteiger partial charge in [-0.05, 0) is 25.1 Å². The van der Waals surface area contributed by atoms with E-state index in [0.717, 1.165) is 25.0 Å². The Morgan fingerprint density at radius 2 is 2.29 bits per heavy atom. The zero-order chi connectivity index (χ0) is 11.8. The van der Waals surface area contributed by atoms with Gasteiger partial charge in [-0.2, -0.15) is 0 Å². The molecule has 0 spiro atoms. The van der Waals surface area contributed by atoms with Gasteiger partial charge in [-0.25, -0.2) is 4.39 Å². The van der Waals surface area contributed by atoms with Crippen molar-refractivity contribution in [3.05, 3.63) is 30.3 Å². The summed E-state index contributed by atoms with van der Waals surface area (Å²) in [4.78, 5) is 2.06. The maximum absolute atomic E-state index is 14.0. The molecule has 2 aromatic rings. The number of nitrogens with one attached hydrogen (secondary N) is 1. The number of piperazine rings is 1. The fraction of sp³-hybridized carbons (Fsp3) is 0.385. The van der Waals surface area contributed by atoms with E-state index in [9.17, 15) is 4.39 Å². The minimum Gasteiger partial charge on any atom is -0.462 e. The summed E-state index contributed by atoms with van der Waals surface area (Å²) in [6, 6.07) is 5.50. The van der Waals surface area contributed by atoms with Crippen LogP contribution in [0.2, 0.25) is 0 Å². The van der Waals surface area contributed by atoms with Crippen molar-refractivity contribution >= 4 is 16.7 Å². The second-order valence-corrected chi connectivity index (χ2v) is 4.54. The Bertz CT molecular complexity index is 537. The summed E-state index contributed by atoms with van der Waals surface area (Å²) in [7, 11) is 0. The van der Waals surface area contributed by atoms with E-state index in [0.29, 0.717) is 17.3 Å². The third-order valence-corrected chi connectivity index (χ3v) is 3.23. The molecule has 3 nitrogen and oxygen atoms in total. The number of anilines is 1. The standard InChI is InChI=1S/C13H15FN2O/c1-9-8-16(6-5-15-9)12-11(14)3-2-10-4-7-17-13(10)12/h2-4,7,9,15H,5-6,8H2,1H3/t9-/m0/s1. The number of hydrogen-bond donors (Lipinski definition) is 1. The van der Waals surface area contributed by atoms with Crippen LogP contribution in [0.25, 0.3) is 11.0 Å². The smallest absolute Gasteiger partial charge is 0.160 e. The number of rotatable bonds is 1. The van der Waals surface area contributed by atoms with Gasteiger partial charge >= 0.3 is 0 Å². The van der Waals surface area contributed by atoms with E-state index in [1.165, 1.54) is 6.07 Å². The molecule has 0 radical (unpaired) electrons. The maximum Gasteiger partial charge on any atom is 0.160 e. The highest BCUT2D eigenvalue weighted by Gasteiger charge is 2.22. The maximum atomic E-state index is 14.0. The quantitative estimate of drug-likeness (QED) is 0.821. The minimum absolute atomic E-state index is 0.207. The Labute approximate surface area is 99.2 Å².